The maximum atomic E-state index is 2.29. The predicted octanol–water partition coefficient (Wildman–Crippen LogP) is 2.77. The first kappa shape index (κ1) is 7.43. The lowest BCUT2D eigenvalue weighted by Gasteiger charge is -2.07. The van der Waals surface area contributed by atoms with Crippen LogP contribution in [0, 0.1) is 0 Å². The van der Waals surface area contributed by atoms with Gasteiger partial charge in [-0.3, -0.25) is 0 Å². The van der Waals surface area contributed by atoms with Crippen molar-refractivity contribution in [1.29, 1.82) is 0 Å². The topological polar surface area (TPSA) is 0 Å². The van der Waals surface area contributed by atoms with Crippen molar-refractivity contribution < 1.29 is 1.43 Å². The van der Waals surface area contributed by atoms with Crippen LogP contribution in [0.15, 0.2) is 0 Å². The molecule has 0 saturated heterocycles. The van der Waals surface area contributed by atoms with Gasteiger partial charge in [0.05, 0.1) is 0 Å². The minimum Gasteiger partial charge on any atom is -0.108 e. The van der Waals surface area contributed by atoms with Crippen LogP contribution in [-0.4, -0.2) is 18.5 Å². The van der Waals surface area contributed by atoms with E-state index in [1.165, 1.54) is 18.5 Å². The highest BCUT2D eigenvalue weighted by Gasteiger charge is 1.94. The lowest BCUT2D eigenvalue weighted by Crippen LogP contribution is -1.83. The molecule has 0 spiro atoms. The van der Waals surface area contributed by atoms with Crippen molar-refractivity contribution >= 4 is 7.92 Å². The Kier molecular flexibility index (Phi) is 4.87. The fourth-order valence-corrected chi connectivity index (χ4v) is 2.01. The molecule has 0 radical (unpaired) electrons. The van der Waals surface area contributed by atoms with E-state index in [4.69, 9.17) is 0 Å². The minimum absolute atomic E-state index is 0. The van der Waals surface area contributed by atoms with Crippen molar-refractivity contribution in [1.82, 2.24) is 0 Å². The third-order valence-corrected chi connectivity index (χ3v) is 4.02. The maximum Gasteiger partial charge on any atom is 0 e. The molecule has 0 aliphatic carbocycles. The van der Waals surface area contributed by atoms with E-state index in [0.29, 0.717) is 7.92 Å². The van der Waals surface area contributed by atoms with E-state index >= 15 is 0 Å². The number of hydrogen-bond donors (Lipinski definition) is 0. The highest BCUT2D eigenvalue weighted by atomic mass is 31.1. The summed E-state index contributed by atoms with van der Waals surface area (Å²) in [6.45, 7) is 6.87. The predicted molar refractivity (Wildman–Crippen MR) is 40.7 cm³/mol. The molecule has 1 heteroatoms. The summed E-state index contributed by atoms with van der Waals surface area (Å²) in [6.07, 6.45) is 4.26. The number of rotatable bonds is 3. The van der Waals surface area contributed by atoms with E-state index in [1.807, 2.05) is 0 Å². The zero-order valence-electron chi connectivity index (χ0n) is 5.57. The Hall–Kier alpha value is 0.430. The van der Waals surface area contributed by atoms with Gasteiger partial charge in [0.1, 0.15) is 0 Å². The molecule has 0 rings (SSSR count). The van der Waals surface area contributed by atoms with Gasteiger partial charge in [-0.15, -0.1) is 7.92 Å². The van der Waals surface area contributed by atoms with Gasteiger partial charge in [-0.1, -0.05) is 20.8 Å². The van der Waals surface area contributed by atoms with Crippen LogP contribution >= 0.6 is 7.92 Å². The van der Waals surface area contributed by atoms with Crippen LogP contribution < -0.4 is 0 Å². The maximum absolute atomic E-state index is 2.29. The second-order valence-corrected chi connectivity index (χ2v) is 4.86. The summed E-state index contributed by atoms with van der Waals surface area (Å²) < 4.78 is 0. The summed E-state index contributed by atoms with van der Waals surface area (Å²) in [6, 6.07) is 0. The van der Waals surface area contributed by atoms with Crippen LogP contribution in [-0.2, 0) is 0 Å². The summed E-state index contributed by atoms with van der Waals surface area (Å²) in [4.78, 5) is 0. The zero-order valence-corrected chi connectivity index (χ0v) is 6.46. The largest absolute Gasteiger partial charge is 0.108 e. The molecule has 0 aromatic carbocycles. The second-order valence-electron chi connectivity index (χ2n) is 1.62. The van der Waals surface area contributed by atoms with Crippen molar-refractivity contribution in [2.45, 2.75) is 20.8 Å². The molecule has 46 valence electrons. The molecule has 0 saturated carbocycles. The summed E-state index contributed by atoms with van der Waals surface area (Å²) in [5.74, 6) is 0. The summed E-state index contributed by atoms with van der Waals surface area (Å²) in [5, 5.41) is 0. The first-order valence-electron chi connectivity index (χ1n) is 3.07. The minimum atomic E-state index is 0. The van der Waals surface area contributed by atoms with Gasteiger partial charge in [0.2, 0.25) is 0 Å². The summed E-state index contributed by atoms with van der Waals surface area (Å²) >= 11 is 0. The smallest absolute Gasteiger partial charge is 0 e. The molecule has 0 aliphatic rings. The van der Waals surface area contributed by atoms with Gasteiger partial charge in [0, 0.05) is 1.43 Å². The molecule has 0 heterocycles. The number of hydrogen-bond acceptors (Lipinski definition) is 0. The molecule has 0 amide bonds. The average Bonchev–Trinajstić information content (AvgIpc) is 1.72. The van der Waals surface area contributed by atoms with E-state index < -0.39 is 0 Å². The fourth-order valence-electron chi connectivity index (χ4n) is 0.671. The van der Waals surface area contributed by atoms with E-state index in [0.717, 1.165) is 0 Å². The van der Waals surface area contributed by atoms with E-state index in [-0.39, 0.29) is 1.43 Å². The third kappa shape index (κ3) is 3.05. The van der Waals surface area contributed by atoms with Gasteiger partial charge in [-0.25, -0.2) is 0 Å². The Morgan fingerprint density at radius 1 is 1.00 bits per heavy atom. The zero-order chi connectivity index (χ0) is 5.70. The molecule has 0 aromatic rings. The van der Waals surface area contributed by atoms with Crippen molar-refractivity contribution in [2.24, 2.45) is 0 Å². The van der Waals surface area contributed by atoms with Gasteiger partial charge < -0.3 is 0 Å². The third-order valence-electron chi connectivity index (χ3n) is 1.34. The standard InChI is InChI=1S/C6H15P.H2/c1-4-7(5-2)6-3;/h4-6H2,1-3H3;1H. The molecule has 0 aromatic heterocycles. The Morgan fingerprint density at radius 2 is 1.29 bits per heavy atom. The Balaban J connectivity index is 0. The van der Waals surface area contributed by atoms with Crippen molar-refractivity contribution in [3.05, 3.63) is 0 Å². The van der Waals surface area contributed by atoms with E-state index in [9.17, 15) is 0 Å². The van der Waals surface area contributed by atoms with E-state index in [1.54, 1.807) is 0 Å². The Morgan fingerprint density at radius 3 is 1.29 bits per heavy atom. The monoisotopic (exact) mass is 120 g/mol. The van der Waals surface area contributed by atoms with Gasteiger partial charge >= 0.3 is 0 Å². The lowest BCUT2D eigenvalue weighted by molar-refractivity contribution is 1.35. The van der Waals surface area contributed by atoms with Gasteiger partial charge in [0.25, 0.3) is 0 Å². The van der Waals surface area contributed by atoms with Crippen LogP contribution in [0.25, 0.3) is 0 Å². The molecule has 0 N–H and O–H groups in total. The first-order chi connectivity index (χ1) is 3.35. The van der Waals surface area contributed by atoms with Crippen LogP contribution in [0.3, 0.4) is 0 Å². The molecular weight excluding hydrogens is 103 g/mol. The van der Waals surface area contributed by atoms with Crippen molar-refractivity contribution in [3.63, 3.8) is 0 Å². The van der Waals surface area contributed by atoms with Crippen LogP contribution in [0.4, 0.5) is 0 Å². The summed E-state index contributed by atoms with van der Waals surface area (Å²) in [7, 11) is 0.446. The molecule has 0 bridgehead atoms. The first-order valence-corrected chi connectivity index (χ1v) is 4.97. The molecule has 0 atom stereocenters. The molecule has 0 aliphatic heterocycles. The van der Waals surface area contributed by atoms with Crippen LogP contribution in [0.2, 0.25) is 0 Å². The van der Waals surface area contributed by atoms with Gasteiger partial charge in [-0.2, -0.15) is 0 Å². The normalized spacial score (nSPS) is 10.3. The van der Waals surface area contributed by atoms with E-state index in [2.05, 4.69) is 20.8 Å². The molecule has 0 fully saturated rings. The molecule has 0 unspecified atom stereocenters. The molecular formula is C6H17P. The van der Waals surface area contributed by atoms with Gasteiger partial charge in [0.15, 0.2) is 0 Å². The second kappa shape index (κ2) is 4.59. The quantitative estimate of drug-likeness (QED) is 0.502. The Bertz CT molecular complexity index is 30.0. The SMILES string of the molecule is CCP(CC)CC.[HH]. The molecule has 7 heavy (non-hydrogen) atoms. The lowest BCUT2D eigenvalue weighted by atomic mass is 10.9. The van der Waals surface area contributed by atoms with Crippen LogP contribution in [0.1, 0.15) is 22.2 Å². The molecule has 0 nitrogen and oxygen atoms in total. The highest BCUT2D eigenvalue weighted by Crippen LogP contribution is 2.32. The van der Waals surface area contributed by atoms with Crippen molar-refractivity contribution in [3.8, 4) is 0 Å². The summed E-state index contributed by atoms with van der Waals surface area (Å²) in [5.41, 5.74) is 0. The Labute approximate surface area is 49.5 Å². The van der Waals surface area contributed by atoms with Crippen molar-refractivity contribution in [2.75, 3.05) is 18.5 Å². The average molecular weight is 120 g/mol. The fraction of sp³-hybridized carbons (Fsp3) is 1.00. The highest BCUT2D eigenvalue weighted by molar-refractivity contribution is 7.57. The van der Waals surface area contributed by atoms with Gasteiger partial charge in [-0.05, 0) is 18.5 Å². The van der Waals surface area contributed by atoms with Crippen LogP contribution in [0.5, 0.6) is 0 Å².